The summed E-state index contributed by atoms with van der Waals surface area (Å²) in [5.74, 6) is 0.715. The number of aromatic nitrogens is 1. The zero-order valence-corrected chi connectivity index (χ0v) is 15.6. The number of likely N-dealkylation sites (tertiary alicyclic amines) is 2. The minimum atomic E-state index is 0.313. The Morgan fingerprint density at radius 2 is 1.88 bits per heavy atom. The highest BCUT2D eigenvalue weighted by molar-refractivity contribution is 7.18. The van der Waals surface area contributed by atoms with Crippen LogP contribution >= 0.6 is 11.3 Å². The summed E-state index contributed by atoms with van der Waals surface area (Å²) < 4.78 is 1.26. The van der Waals surface area contributed by atoms with E-state index in [0.717, 1.165) is 44.5 Å². The molecule has 25 heavy (non-hydrogen) atoms. The summed E-state index contributed by atoms with van der Waals surface area (Å²) in [6.07, 6.45) is 7.34. The van der Waals surface area contributed by atoms with E-state index in [1.54, 1.807) is 11.3 Å². The van der Waals surface area contributed by atoms with Gasteiger partial charge in [-0.15, -0.1) is 11.3 Å². The Morgan fingerprint density at radius 3 is 2.68 bits per heavy atom. The molecule has 1 atom stereocenters. The van der Waals surface area contributed by atoms with E-state index in [9.17, 15) is 4.79 Å². The van der Waals surface area contributed by atoms with Crippen molar-refractivity contribution in [3.05, 3.63) is 29.3 Å². The van der Waals surface area contributed by atoms with Crippen molar-refractivity contribution in [3.8, 4) is 0 Å². The van der Waals surface area contributed by atoms with Gasteiger partial charge in [0.05, 0.1) is 21.8 Å². The number of benzene rings is 1. The average Bonchev–Trinajstić information content (AvgIpc) is 2.92. The molecule has 1 aromatic heterocycles. The number of piperidine rings is 1. The fourth-order valence-corrected chi connectivity index (χ4v) is 5.15. The predicted octanol–water partition coefficient (Wildman–Crippen LogP) is 3.88. The Balaban J connectivity index is 1.40. The lowest BCUT2D eigenvalue weighted by Gasteiger charge is -2.33. The molecule has 0 bridgehead atoms. The second kappa shape index (κ2) is 7.83. The van der Waals surface area contributed by atoms with Crippen LogP contribution in [0.1, 0.15) is 49.5 Å². The zero-order chi connectivity index (χ0) is 17.1. The van der Waals surface area contributed by atoms with Crippen LogP contribution in [-0.2, 0) is 4.79 Å². The van der Waals surface area contributed by atoms with Crippen LogP contribution in [0.2, 0.25) is 0 Å². The van der Waals surface area contributed by atoms with Crippen LogP contribution in [0.25, 0.3) is 10.2 Å². The van der Waals surface area contributed by atoms with Gasteiger partial charge in [-0.25, -0.2) is 4.98 Å². The summed E-state index contributed by atoms with van der Waals surface area (Å²) in [7, 11) is 0. The maximum atomic E-state index is 12.8. The highest BCUT2D eigenvalue weighted by Crippen LogP contribution is 2.33. The van der Waals surface area contributed by atoms with Crippen LogP contribution < -0.4 is 0 Å². The molecule has 0 unspecified atom stereocenters. The minimum absolute atomic E-state index is 0.313. The third-order valence-electron chi connectivity index (χ3n) is 5.49. The number of fused-ring (bicyclic) bond motifs is 1. The quantitative estimate of drug-likeness (QED) is 0.836. The largest absolute Gasteiger partial charge is 0.341 e. The van der Waals surface area contributed by atoms with Gasteiger partial charge in [0.2, 0.25) is 5.91 Å². The van der Waals surface area contributed by atoms with Crippen molar-refractivity contribution < 1.29 is 4.79 Å². The molecule has 0 saturated carbocycles. The van der Waals surface area contributed by atoms with Gasteiger partial charge >= 0.3 is 0 Å². The van der Waals surface area contributed by atoms with Crippen LogP contribution in [0.3, 0.4) is 0 Å². The molecular weight excluding hydrogens is 330 g/mol. The van der Waals surface area contributed by atoms with E-state index >= 15 is 0 Å². The van der Waals surface area contributed by atoms with E-state index in [2.05, 4.69) is 28.0 Å². The van der Waals surface area contributed by atoms with Crippen molar-refractivity contribution in [1.29, 1.82) is 0 Å². The lowest BCUT2D eigenvalue weighted by atomic mass is 9.98. The second-order valence-electron chi connectivity index (χ2n) is 7.39. The first-order valence-electron chi connectivity index (χ1n) is 9.65. The minimum Gasteiger partial charge on any atom is -0.341 e. The number of hydrogen-bond donors (Lipinski definition) is 0. The van der Waals surface area contributed by atoms with Gasteiger partial charge in [0.1, 0.15) is 0 Å². The third kappa shape index (κ3) is 4.04. The first-order valence-corrected chi connectivity index (χ1v) is 10.5. The van der Waals surface area contributed by atoms with Crippen LogP contribution in [0.15, 0.2) is 24.3 Å². The molecule has 4 rings (SSSR count). The molecule has 4 nitrogen and oxygen atoms in total. The van der Waals surface area contributed by atoms with E-state index in [0.29, 0.717) is 18.4 Å². The maximum Gasteiger partial charge on any atom is 0.236 e. The molecule has 2 saturated heterocycles. The Kier molecular flexibility index (Phi) is 5.32. The number of carbonyl (C=O) groups is 1. The molecule has 5 heteroatoms. The molecule has 0 spiro atoms. The SMILES string of the molecule is O=C(CN1CCCCCC1)N1CCC[C@H](c2nc3ccccc3s2)C1. The van der Waals surface area contributed by atoms with Crippen molar-refractivity contribution in [3.63, 3.8) is 0 Å². The van der Waals surface area contributed by atoms with Crippen molar-refractivity contribution in [1.82, 2.24) is 14.8 Å². The molecule has 134 valence electrons. The van der Waals surface area contributed by atoms with Gasteiger partial charge in [0.15, 0.2) is 0 Å². The molecule has 2 fully saturated rings. The predicted molar refractivity (Wildman–Crippen MR) is 103 cm³/mol. The van der Waals surface area contributed by atoms with E-state index in [4.69, 9.17) is 4.98 Å². The first kappa shape index (κ1) is 17.0. The normalized spacial score (nSPS) is 22.9. The Bertz CT molecular complexity index is 688. The molecule has 1 aromatic carbocycles. The van der Waals surface area contributed by atoms with Crippen LogP contribution in [0.4, 0.5) is 0 Å². The van der Waals surface area contributed by atoms with E-state index in [-0.39, 0.29) is 0 Å². The molecule has 2 aliphatic heterocycles. The van der Waals surface area contributed by atoms with Crippen molar-refractivity contribution >= 4 is 27.5 Å². The zero-order valence-electron chi connectivity index (χ0n) is 14.8. The fourth-order valence-electron chi connectivity index (χ4n) is 4.06. The molecule has 0 radical (unpaired) electrons. The number of hydrogen-bond acceptors (Lipinski definition) is 4. The van der Waals surface area contributed by atoms with Gasteiger partial charge in [-0.1, -0.05) is 25.0 Å². The monoisotopic (exact) mass is 357 g/mol. The number of carbonyl (C=O) groups excluding carboxylic acids is 1. The van der Waals surface area contributed by atoms with Gasteiger partial charge in [0.25, 0.3) is 0 Å². The first-order chi connectivity index (χ1) is 12.3. The number of thiazole rings is 1. The summed E-state index contributed by atoms with van der Waals surface area (Å²) in [6, 6.07) is 8.34. The van der Waals surface area contributed by atoms with Crippen molar-refractivity contribution in [2.75, 3.05) is 32.7 Å². The molecule has 0 N–H and O–H groups in total. The Hall–Kier alpha value is -1.46. The molecular formula is C20H27N3OS. The summed E-state index contributed by atoms with van der Waals surface area (Å²) in [5.41, 5.74) is 1.09. The summed E-state index contributed by atoms with van der Waals surface area (Å²) in [5, 5.41) is 1.20. The third-order valence-corrected chi connectivity index (χ3v) is 6.69. The van der Waals surface area contributed by atoms with Crippen LogP contribution in [0, 0.1) is 0 Å². The van der Waals surface area contributed by atoms with Crippen LogP contribution in [-0.4, -0.2) is 53.4 Å². The molecule has 1 amide bonds. The Labute approximate surface area is 153 Å². The molecule has 2 aliphatic rings. The number of para-hydroxylation sites is 1. The molecule has 3 heterocycles. The summed E-state index contributed by atoms with van der Waals surface area (Å²) in [6.45, 7) is 4.52. The molecule has 2 aromatic rings. The van der Waals surface area contributed by atoms with Gasteiger partial charge < -0.3 is 4.90 Å². The second-order valence-corrected chi connectivity index (χ2v) is 8.45. The summed E-state index contributed by atoms with van der Waals surface area (Å²) >= 11 is 1.80. The van der Waals surface area contributed by atoms with Crippen LogP contribution in [0.5, 0.6) is 0 Å². The van der Waals surface area contributed by atoms with Gasteiger partial charge in [-0.2, -0.15) is 0 Å². The fraction of sp³-hybridized carbons (Fsp3) is 0.600. The lowest BCUT2D eigenvalue weighted by molar-refractivity contribution is -0.133. The highest BCUT2D eigenvalue weighted by atomic mass is 32.1. The van der Waals surface area contributed by atoms with Crippen molar-refractivity contribution in [2.24, 2.45) is 0 Å². The smallest absolute Gasteiger partial charge is 0.236 e. The molecule has 0 aliphatic carbocycles. The van der Waals surface area contributed by atoms with E-state index < -0.39 is 0 Å². The van der Waals surface area contributed by atoms with E-state index in [1.807, 2.05) is 6.07 Å². The lowest BCUT2D eigenvalue weighted by Crippen LogP contribution is -2.44. The topological polar surface area (TPSA) is 36.4 Å². The average molecular weight is 358 g/mol. The van der Waals surface area contributed by atoms with Gasteiger partial charge in [0, 0.05) is 19.0 Å². The summed E-state index contributed by atoms with van der Waals surface area (Å²) in [4.78, 5) is 22.1. The van der Waals surface area contributed by atoms with Crippen molar-refractivity contribution in [2.45, 2.75) is 44.4 Å². The number of amides is 1. The van der Waals surface area contributed by atoms with E-state index in [1.165, 1.54) is 35.4 Å². The van der Waals surface area contributed by atoms with Gasteiger partial charge in [-0.3, -0.25) is 9.69 Å². The number of nitrogens with zero attached hydrogens (tertiary/aromatic N) is 3. The highest BCUT2D eigenvalue weighted by Gasteiger charge is 2.27. The maximum absolute atomic E-state index is 12.8. The van der Waals surface area contributed by atoms with Gasteiger partial charge in [-0.05, 0) is 50.9 Å². The standard InChI is InChI=1S/C20H27N3OS/c24-19(15-22-11-5-1-2-6-12-22)23-13-7-8-16(14-23)20-21-17-9-3-4-10-18(17)25-20/h3-4,9-10,16H,1-2,5-8,11-15H2/t16-/m0/s1. The Morgan fingerprint density at radius 1 is 1.08 bits per heavy atom. The number of rotatable bonds is 3.